The van der Waals surface area contributed by atoms with Crippen molar-refractivity contribution in [3.63, 3.8) is 0 Å². The lowest BCUT2D eigenvalue weighted by molar-refractivity contribution is 0.135. The molecule has 1 aromatic heterocycles. The van der Waals surface area contributed by atoms with Crippen LogP contribution >= 0.6 is 11.6 Å². The summed E-state index contributed by atoms with van der Waals surface area (Å²) in [7, 11) is 0. The van der Waals surface area contributed by atoms with Gasteiger partial charge in [-0.05, 0) is 49.9 Å². The number of nitriles is 1. The third-order valence-corrected chi connectivity index (χ3v) is 4.48. The number of benzene rings is 1. The highest BCUT2D eigenvalue weighted by atomic mass is 35.5. The van der Waals surface area contributed by atoms with E-state index in [0.29, 0.717) is 22.2 Å². The molecule has 0 saturated heterocycles. The van der Waals surface area contributed by atoms with Crippen molar-refractivity contribution < 1.29 is 9.53 Å². The number of hydrogen-bond acceptors (Lipinski definition) is 4. The molecular formula is C19H19ClN4O2. The fraction of sp³-hybridized carbons (Fsp3) is 0.316. The van der Waals surface area contributed by atoms with E-state index in [1.165, 1.54) is 6.20 Å². The summed E-state index contributed by atoms with van der Waals surface area (Å²) in [6.45, 7) is 0. The van der Waals surface area contributed by atoms with Crippen molar-refractivity contribution in [2.45, 2.75) is 37.8 Å². The van der Waals surface area contributed by atoms with E-state index in [9.17, 15) is 4.79 Å². The number of amides is 2. The number of urea groups is 1. The van der Waals surface area contributed by atoms with Crippen LogP contribution in [-0.4, -0.2) is 23.2 Å². The first-order valence-corrected chi connectivity index (χ1v) is 8.86. The Morgan fingerprint density at radius 2 is 2.04 bits per heavy atom. The molecule has 0 radical (unpaired) electrons. The Balaban J connectivity index is 1.43. The fourth-order valence-corrected chi connectivity index (χ4v) is 3.12. The molecule has 1 aliphatic carbocycles. The zero-order valence-electron chi connectivity index (χ0n) is 14.1. The molecule has 26 heavy (non-hydrogen) atoms. The molecule has 0 atom stereocenters. The molecule has 1 heterocycles. The van der Waals surface area contributed by atoms with Gasteiger partial charge in [-0.25, -0.2) is 9.78 Å². The number of pyridine rings is 1. The number of carbonyl (C=O) groups excluding carboxylic acids is 1. The van der Waals surface area contributed by atoms with E-state index in [0.717, 1.165) is 25.7 Å². The van der Waals surface area contributed by atoms with E-state index in [1.807, 2.05) is 6.07 Å². The lowest BCUT2D eigenvalue weighted by Gasteiger charge is -2.29. The second-order valence-corrected chi connectivity index (χ2v) is 6.63. The van der Waals surface area contributed by atoms with Gasteiger partial charge in [-0.3, -0.25) is 0 Å². The molecule has 1 saturated carbocycles. The van der Waals surface area contributed by atoms with Gasteiger partial charge in [0, 0.05) is 29.0 Å². The van der Waals surface area contributed by atoms with Gasteiger partial charge in [0.25, 0.3) is 0 Å². The van der Waals surface area contributed by atoms with Crippen LogP contribution in [0.4, 0.5) is 10.5 Å². The van der Waals surface area contributed by atoms with Gasteiger partial charge < -0.3 is 15.4 Å². The van der Waals surface area contributed by atoms with Crippen LogP contribution in [0.1, 0.15) is 31.2 Å². The minimum atomic E-state index is -0.231. The predicted octanol–water partition coefficient (Wildman–Crippen LogP) is 4.12. The molecule has 1 fully saturated rings. The van der Waals surface area contributed by atoms with Crippen molar-refractivity contribution in [3.05, 3.63) is 53.2 Å². The van der Waals surface area contributed by atoms with E-state index in [-0.39, 0.29) is 18.2 Å². The van der Waals surface area contributed by atoms with E-state index >= 15 is 0 Å². The molecule has 1 aliphatic rings. The molecule has 7 heteroatoms. The summed E-state index contributed by atoms with van der Waals surface area (Å²) in [5, 5.41) is 15.1. The third kappa shape index (κ3) is 5.11. The Bertz CT molecular complexity index is 796. The first-order chi connectivity index (χ1) is 12.6. The molecule has 2 N–H and O–H groups in total. The highest BCUT2D eigenvalue weighted by Gasteiger charge is 2.24. The largest absolute Gasteiger partial charge is 0.474 e. The molecule has 0 unspecified atom stereocenters. The van der Waals surface area contributed by atoms with Gasteiger partial charge in [-0.1, -0.05) is 17.7 Å². The van der Waals surface area contributed by atoms with Crippen molar-refractivity contribution >= 4 is 23.3 Å². The lowest BCUT2D eigenvalue weighted by Crippen LogP contribution is -2.41. The van der Waals surface area contributed by atoms with Gasteiger partial charge in [0.2, 0.25) is 5.88 Å². The Hall–Kier alpha value is -2.78. The summed E-state index contributed by atoms with van der Waals surface area (Å²) in [4.78, 5) is 16.2. The van der Waals surface area contributed by atoms with Crippen LogP contribution in [0, 0.1) is 11.3 Å². The van der Waals surface area contributed by atoms with Crippen molar-refractivity contribution in [2.75, 3.05) is 5.32 Å². The summed E-state index contributed by atoms with van der Waals surface area (Å²) in [5.74, 6) is 0.527. The number of aromatic nitrogens is 1. The SMILES string of the molecule is N#Cc1ccc(OC2CCC(NC(=O)Nc3cccc(Cl)c3)CC2)nc1. The fourth-order valence-electron chi connectivity index (χ4n) is 2.93. The second kappa shape index (κ2) is 8.54. The van der Waals surface area contributed by atoms with Crippen LogP contribution in [0.5, 0.6) is 5.88 Å². The topological polar surface area (TPSA) is 87.0 Å². The molecule has 3 rings (SSSR count). The minimum Gasteiger partial charge on any atom is -0.474 e. The zero-order valence-corrected chi connectivity index (χ0v) is 14.9. The first-order valence-electron chi connectivity index (χ1n) is 8.48. The van der Waals surface area contributed by atoms with Gasteiger partial charge >= 0.3 is 6.03 Å². The van der Waals surface area contributed by atoms with Gasteiger partial charge in [0.1, 0.15) is 12.2 Å². The summed E-state index contributed by atoms with van der Waals surface area (Å²) < 4.78 is 5.85. The maximum atomic E-state index is 12.1. The van der Waals surface area contributed by atoms with Gasteiger partial charge in [0.15, 0.2) is 0 Å². The predicted molar refractivity (Wildman–Crippen MR) is 99.2 cm³/mol. The summed E-state index contributed by atoms with van der Waals surface area (Å²) in [6.07, 6.45) is 4.92. The Kier molecular flexibility index (Phi) is 5.92. The first kappa shape index (κ1) is 18.0. The van der Waals surface area contributed by atoms with Gasteiger partial charge in [0.05, 0.1) is 5.56 Å². The Morgan fingerprint density at radius 3 is 2.69 bits per heavy atom. The monoisotopic (exact) mass is 370 g/mol. The van der Waals surface area contributed by atoms with E-state index in [4.69, 9.17) is 21.6 Å². The molecule has 2 amide bonds. The van der Waals surface area contributed by atoms with Crippen LogP contribution in [-0.2, 0) is 0 Å². The number of anilines is 1. The van der Waals surface area contributed by atoms with Crippen LogP contribution < -0.4 is 15.4 Å². The number of nitrogens with zero attached hydrogens (tertiary/aromatic N) is 2. The van der Waals surface area contributed by atoms with Crippen molar-refractivity contribution in [1.29, 1.82) is 5.26 Å². The average Bonchev–Trinajstić information content (AvgIpc) is 2.64. The maximum Gasteiger partial charge on any atom is 0.319 e. The summed E-state index contributed by atoms with van der Waals surface area (Å²) in [5.41, 5.74) is 1.18. The van der Waals surface area contributed by atoms with Gasteiger partial charge in [-0.2, -0.15) is 5.26 Å². The van der Waals surface area contributed by atoms with Gasteiger partial charge in [-0.15, -0.1) is 0 Å². The standard InChI is InChI=1S/C19H19ClN4O2/c20-14-2-1-3-16(10-14)24-19(25)23-15-5-7-17(8-6-15)26-18-9-4-13(11-21)12-22-18/h1-4,9-10,12,15,17H,5-8H2,(H2,23,24,25). The van der Waals surface area contributed by atoms with E-state index in [1.54, 1.807) is 36.4 Å². The van der Waals surface area contributed by atoms with E-state index in [2.05, 4.69) is 15.6 Å². The third-order valence-electron chi connectivity index (χ3n) is 4.24. The van der Waals surface area contributed by atoms with Crippen LogP contribution in [0.15, 0.2) is 42.6 Å². The van der Waals surface area contributed by atoms with Crippen molar-refractivity contribution in [1.82, 2.24) is 10.3 Å². The molecule has 0 spiro atoms. The number of carbonyl (C=O) groups is 1. The molecule has 6 nitrogen and oxygen atoms in total. The normalized spacial score (nSPS) is 19.2. The van der Waals surface area contributed by atoms with E-state index < -0.39 is 0 Å². The summed E-state index contributed by atoms with van der Waals surface area (Å²) in [6, 6.07) is 12.4. The van der Waals surface area contributed by atoms with Crippen LogP contribution in [0.25, 0.3) is 0 Å². The number of hydrogen-bond donors (Lipinski definition) is 2. The number of ether oxygens (including phenoxy) is 1. The maximum absolute atomic E-state index is 12.1. The molecule has 1 aromatic carbocycles. The number of halogens is 1. The average molecular weight is 371 g/mol. The highest BCUT2D eigenvalue weighted by molar-refractivity contribution is 6.30. The molecule has 2 aromatic rings. The van der Waals surface area contributed by atoms with Crippen molar-refractivity contribution in [2.24, 2.45) is 0 Å². The Morgan fingerprint density at radius 1 is 1.23 bits per heavy atom. The number of nitrogens with one attached hydrogen (secondary N) is 2. The lowest BCUT2D eigenvalue weighted by atomic mass is 9.93. The number of rotatable bonds is 4. The molecule has 0 aliphatic heterocycles. The van der Waals surface area contributed by atoms with Crippen molar-refractivity contribution in [3.8, 4) is 11.9 Å². The molecular weight excluding hydrogens is 352 g/mol. The van der Waals surface area contributed by atoms with Crippen LogP contribution in [0.3, 0.4) is 0 Å². The van der Waals surface area contributed by atoms with Crippen LogP contribution in [0.2, 0.25) is 5.02 Å². The molecule has 0 bridgehead atoms. The minimum absolute atomic E-state index is 0.0736. The zero-order chi connectivity index (χ0) is 18.4. The summed E-state index contributed by atoms with van der Waals surface area (Å²) >= 11 is 5.91. The quantitative estimate of drug-likeness (QED) is 0.847. The smallest absolute Gasteiger partial charge is 0.319 e. The molecule has 134 valence electrons. The Labute approximate surface area is 157 Å². The second-order valence-electron chi connectivity index (χ2n) is 6.20. The highest BCUT2D eigenvalue weighted by Crippen LogP contribution is 2.23.